The first-order valence-electron chi connectivity index (χ1n) is 8.60. The minimum atomic E-state index is 0.0105. The number of allylic oxidation sites excluding steroid dienone is 2. The van der Waals surface area contributed by atoms with Crippen LogP contribution in [0.25, 0.3) is 10.5 Å². The van der Waals surface area contributed by atoms with Crippen LogP contribution in [0, 0.1) is 0 Å². The topological polar surface area (TPSA) is 17.1 Å². The molecule has 26 heavy (non-hydrogen) atoms. The van der Waals surface area contributed by atoms with Crippen LogP contribution in [0.5, 0.6) is 0 Å². The second kappa shape index (κ2) is 7.59. The Morgan fingerprint density at radius 1 is 0.692 bits per heavy atom. The van der Waals surface area contributed by atoms with Crippen molar-refractivity contribution in [2.24, 2.45) is 0 Å². The Balaban J connectivity index is 1.89. The molecule has 0 fully saturated rings. The number of aldehydes is 1. The number of rotatable bonds is 4. The first kappa shape index (κ1) is 16.6. The fourth-order valence-corrected chi connectivity index (χ4v) is 4.55. The van der Waals surface area contributed by atoms with Crippen molar-refractivity contribution in [3.8, 4) is 0 Å². The van der Waals surface area contributed by atoms with Crippen LogP contribution < -0.4 is 0 Å². The highest BCUT2D eigenvalue weighted by molar-refractivity contribution is 8.09. The maximum absolute atomic E-state index is 11.9. The summed E-state index contributed by atoms with van der Waals surface area (Å²) in [5.74, 6) is 0. The molecule has 0 bridgehead atoms. The normalized spacial score (nSPS) is 16.9. The molecule has 1 heterocycles. The van der Waals surface area contributed by atoms with Gasteiger partial charge in [-0.3, -0.25) is 4.79 Å². The first-order chi connectivity index (χ1) is 12.9. The van der Waals surface area contributed by atoms with Crippen LogP contribution in [0.15, 0.2) is 103 Å². The zero-order valence-corrected chi connectivity index (χ0v) is 15.0. The van der Waals surface area contributed by atoms with Crippen molar-refractivity contribution in [1.29, 1.82) is 0 Å². The summed E-state index contributed by atoms with van der Waals surface area (Å²) >= 11 is 1.75. The molecule has 1 atom stereocenters. The maximum Gasteiger partial charge on any atom is 0.147 e. The Morgan fingerprint density at radius 3 is 1.81 bits per heavy atom. The lowest BCUT2D eigenvalue weighted by Gasteiger charge is -2.26. The molecule has 1 unspecified atom stereocenters. The van der Waals surface area contributed by atoms with Gasteiger partial charge in [0.2, 0.25) is 0 Å². The van der Waals surface area contributed by atoms with E-state index in [9.17, 15) is 4.79 Å². The summed E-state index contributed by atoms with van der Waals surface area (Å²) in [5, 5.41) is 0.0105. The molecular formula is C24H18OS. The smallest absolute Gasteiger partial charge is 0.147 e. The van der Waals surface area contributed by atoms with Gasteiger partial charge >= 0.3 is 0 Å². The second-order valence-corrected chi connectivity index (χ2v) is 7.26. The molecule has 3 aromatic rings. The van der Waals surface area contributed by atoms with Gasteiger partial charge in [-0.2, -0.15) is 0 Å². The van der Waals surface area contributed by atoms with Gasteiger partial charge in [-0.05, 0) is 28.3 Å². The van der Waals surface area contributed by atoms with Gasteiger partial charge in [0.1, 0.15) is 6.29 Å². The minimum absolute atomic E-state index is 0.0105. The minimum Gasteiger partial charge on any atom is -0.298 e. The Labute approximate surface area is 158 Å². The van der Waals surface area contributed by atoms with Crippen LogP contribution in [0.3, 0.4) is 0 Å². The summed E-state index contributed by atoms with van der Waals surface area (Å²) in [6, 6.07) is 30.9. The number of benzene rings is 3. The number of carbonyl (C=O) groups excluding carboxylic acids is 1. The van der Waals surface area contributed by atoms with Gasteiger partial charge in [0, 0.05) is 10.5 Å². The summed E-state index contributed by atoms with van der Waals surface area (Å²) in [5.41, 5.74) is 5.37. The van der Waals surface area contributed by atoms with Crippen molar-refractivity contribution in [1.82, 2.24) is 0 Å². The number of carbonyl (C=O) groups is 1. The molecule has 0 N–H and O–H groups in total. The molecule has 1 nitrogen and oxygen atoms in total. The van der Waals surface area contributed by atoms with Gasteiger partial charge in [0.25, 0.3) is 0 Å². The van der Waals surface area contributed by atoms with E-state index >= 15 is 0 Å². The summed E-state index contributed by atoms with van der Waals surface area (Å²) in [4.78, 5) is 13.1. The van der Waals surface area contributed by atoms with E-state index in [0.717, 1.165) is 28.6 Å². The largest absolute Gasteiger partial charge is 0.298 e. The van der Waals surface area contributed by atoms with E-state index < -0.39 is 0 Å². The lowest BCUT2D eigenvalue weighted by molar-refractivity contribution is -0.105. The molecule has 0 saturated heterocycles. The molecule has 0 radical (unpaired) electrons. The van der Waals surface area contributed by atoms with Gasteiger partial charge in [-0.1, -0.05) is 91.0 Å². The standard InChI is InChI=1S/C24H18OS/c25-17-21-16-22(18-10-4-1-5-11-18)24(20-14-8-3-9-15-20)26-23(21)19-12-6-2-7-13-19/h1-17,23H. The monoisotopic (exact) mass is 354 g/mol. The van der Waals surface area contributed by atoms with Gasteiger partial charge in [0.15, 0.2) is 0 Å². The van der Waals surface area contributed by atoms with Crippen LogP contribution in [0.4, 0.5) is 0 Å². The van der Waals surface area contributed by atoms with Crippen LogP contribution in [0.2, 0.25) is 0 Å². The van der Waals surface area contributed by atoms with Crippen molar-refractivity contribution >= 4 is 28.5 Å². The van der Waals surface area contributed by atoms with Crippen molar-refractivity contribution in [3.63, 3.8) is 0 Å². The van der Waals surface area contributed by atoms with Gasteiger partial charge in [-0.15, -0.1) is 11.8 Å². The molecule has 0 aliphatic carbocycles. The summed E-state index contributed by atoms with van der Waals surface area (Å²) in [7, 11) is 0. The fourth-order valence-electron chi connectivity index (χ4n) is 3.19. The number of hydrogen-bond donors (Lipinski definition) is 0. The molecular weight excluding hydrogens is 336 g/mol. The summed E-state index contributed by atoms with van der Waals surface area (Å²) in [6.07, 6.45) is 3.05. The van der Waals surface area contributed by atoms with E-state index in [-0.39, 0.29) is 5.25 Å². The predicted octanol–water partition coefficient (Wildman–Crippen LogP) is 6.17. The van der Waals surface area contributed by atoms with Gasteiger partial charge in [-0.25, -0.2) is 0 Å². The molecule has 1 aliphatic rings. The number of thioether (sulfide) groups is 1. The van der Waals surface area contributed by atoms with Gasteiger partial charge in [0.05, 0.1) is 5.25 Å². The quantitative estimate of drug-likeness (QED) is 0.521. The molecule has 0 aromatic heterocycles. The number of hydrogen-bond acceptors (Lipinski definition) is 2. The van der Waals surface area contributed by atoms with Gasteiger partial charge < -0.3 is 0 Å². The zero-order valence-electron chi connectivity index (χ0n) is 14.2. The Hall–Kier alpha value is -2.84. The van der Waals surface area contributed by atoms with E-state index in [1.807, 2.05) is 42.5 Å². The second-order valence-electron chi connectivity index (χ2n) is 6.15. The SMILES string of the molecule is O=CC1=CC(c2ccccc2)=C(c2ccccc2)SC1c1ccccc1. The van der Waals surface area contributed by atoms with E-state index in [2.05, 4.69) is 54.6 Å². The highest BCUT2D eigenvalue weighted by Gasteiger charge is 2.26. The molecule has 2 heteroatoms. The lowest BCUT2D eigenvalue weighted by atomic mass is 9.96. The Bertz CT molecular complexity index is 957. The fraction of sp³-hybridized carbons (Fsp3) is 0.0417. The Morgan fingerprint density at radius 2 is 1.23 bits per heavy atom. The Kier molecular flexibility index (Phi) is 4.85. The maximum atomic E-state index is 11.9. The molecule has 0 spiro atoms. The third-order valence-electron chi connectivity index (χ3n) is 4.45. The van der Waals surface area contributed by atoms with Crippen LogP contribution >= 0.6 is 11.8 Å². The third kappa shape index (κ3) is 3.29. The average Bonchev–Trinajstić information content (AvgIpc) is 2.74. The molecule has 3 aromatic carbocycles. The van der Waals surface area contributed by atoms with Crippen LogP contribution in [0.1, 0.15) is 21.9 Å². The highest BCUT2D eigenvalue weighted by atomic mass is 32.2. The third-order valence-corrected chi connectivity index (χ3v) is 5.92. The van der Waals surface area contributed by atoms with Crippen molar-refractivity contribution in [3.05, 3.63) is 119 Å². The molecule has 1 aliphatic heterocycles. The van der Waals surface area contributed by atoms with Crippen LogP contribution in [-0.4, -0.2) is 6.29 Å². The van der Waals surface area contributed by atoms with E-state index in [1.54, 1.807) is 11.8 Å². The van der Waals surface area contributed by atoms with E-state index in [1.165, 1.54) is 10.5 Å². The average molecular weight is 354 g/mol. The van der Waals surface area contributed by atoms with Crippen molar-refractivity contribution in [2.75, 3.05) is 0 Å². The van der Waals surface area contributed by atoms with Crippen molar-refractivity contribution < 1.29 is 4.79 Å². The predicted molar refractivity (Wildman–Crippen MR) is 111 cm³/mol. The first-order valence-corrected chi connectivity index (χ1v) is 9.48. The molecule has 126 valence electrons. The molecule has 0 saturated carbocycles. The summed E-state index contributed by atoms with van der Waals surface area (Å²) in [6.45, 7) is 0. The zero-order chi connectivity index (χ0) is 17.8. The van der Waals surface area contributed by atoms with Crippen LogP contribution in [-0.2, 0) is 4.79 Å². The highest BCUT2D eigenvalue weighted by Crippen LogP contribution is 2.51. The lowest BCUT2D eigenvalue weighted by Crippen LogP contribution is -2.06. The van der Waals surface area contributed by atoms with Crippen molar-refractivity contribution in [2.45, 2.75) is 5.25 Å². The molecule has 4 rings (SSSR count). The van der Waals surface area contributed by atoms with E-state index in [4.69, 9.17) is 0 Å². The summed E-state index contributed by atoms with van der Waals surface area (Å²) < 4.78 is 0. The molecule has 0 amide bonds. The van der Waals surface area contributed by atoms with E-state index in [0.29, 0.717) is 0 Å².